The van der Waals surface area contributed by atoms with Crippen molar-refractivity contribution in [1.29, 1.82) is 0 Å². The van der Waals surface area contributed by atoms with E-state index < -0.39 is 10.8 Å². The average Bonchev–Trinajstić information content (AvgIpc) is 2.84. The first-order valence-electron chi connectivity index (χ1n) is 6.89. The molecule has 0 fully saturated rings. The molecule has 0 aliphatic heterocycles. The minimum atomic E-state index is -0.611. The van der Waals surface area contributed by atoms with Crippen LogP contribution in [0, 0.1) is 10.1 Å². The number of aryl methyl sites for hydroxylation is 1. The largest absolute Gasteiger partial charge is 0.365 e. The second-order valence-electron chi connectivity index (χ2n) is 5.26. The number of amides is 2. The van der Waals surface area contributed by atoms with Gasteiger partial charge in [-0.1, -0.05) is 6.07 Å². The number of benzene rings is 1. The quantitative estimate of drug-likeness (QED) is 0.664. The predicted octanol–water partition coefficient (Wildman–Crippen LogP) is 2.48. The molecule has 0 saturated heterocycles. The molecule has 2 aromatic rings. The molecule has 0 saturated carbocycles. The summed E-state index contributed by atoms with van der Waals surface area (Å²) in [5.74, 6) is -0.912. The molecule has 0 spiro atoms. The Morgan fingerprint density at radius 1 is 1.35 bits per heavy atom. The van der Waals surface area contributed by atoms with Gasteiger partial charge in [-0.25, -0.2) is 0 Å². The molecule has 3 N–H and O–H groups in total. The predicted molar refractivity (Wildman–Crippen MR) is 86.6 cm³/mol. The summed E-state index contributed by atoms with van der Waals surface area (Å²) in [4.78, 5) is 34.4. The molecule has 1 aromatic heterocycles. The summed E-state index contributed by atoms with van der Waals surface area (Å²) in [5.41, 5.74) is 8.22. The smallest absolute Gasteiger partial charge is 0.270 e. The van der Waals surface area contributed by atoms with Gasteiger partial charge in [-0.05, 0) is 24.0 Å². The number of hydrogen-bond acceptors (Lipinski definition) is 5. The van der Waals surface area contributed by atoms with Crippen molar-refractivity contribution in [3.8, 4) is 10.4 Å². The third kappa shape index (κ3) is 2.57. The molecule has 1 aliphatic rings. The van der Waals surface area contributed by atoms with Crippen LogP contribution in [-0.4, -0.2) is 16.7 Å². The first-order valence-corrected chi connectivity index (χ1v) is 7.71. The van der Waals surface area contributed by atoms with Crippen LogP contribution in [0.3, 0.4) is 0 Å². The van der Waals surface area contributed by atoms with E-state index in [9.17, 15) is 19.7 Å². The maximum Gasteiger partial charge on any atom is 0.270 e. The molecule has 1 aromatic carbocycles. The highest BCUT2D eigenvalue weighted by Gasteiger charge is 2.28. The number of primary amides is 1. The van der Waals surface area contributed by atoms with Gasteiger partial charge >= 0.3 is 0 Å². The summed E-state index contributed by atoms with van der Waals surface area (Å²) in [5, 5.41) is 14.0. The fraction of sp³-hybridized carbons (Fsp3) is 0.200. The SMILES string of the molecule is CC(=O)Nc1sc2c(c1C(N)=O)CCc1ccc([N+](=O)[O-])cc1-2. The molecule has 0 atom stereocenters. The molecule has 7 nitrogen and oxygen atoms in total. The van der Waals surface area contributed by atoms with Crippen LogP contribution in [0.4, 0.5) is 10.7 Å². The Morgan fingerprint density at radius 3 is 2.70 bits per heavy atom. The number of carbonyl (C=O) groups excluding carboxylic acids is 2. The third-order valence-electron chi connectivity index (χ3n) is 3.74. The van der Waals surface area contributed by atoms with Gasteiger partial charge < -0.3 is 11.1 Å². The Labute approximate surface area is 135 Å². The van der Waals surface area contributed by atoms with Crippen molar-refractivity contribution in [3.05, 3.63) is 45.0 Å². The van der Waals surface area contributed by atoms with Gasteiger partial charge in [0, 0.05) is 29.5 Å². The normalized spacial score (nSPS) is 12.2. The highest BCUT2D eigenvalue weighted by Crippen LogP contribution is 2.45. The molecule has 8 heteroatoms. The van der Waals surface area contributed by atoms with Crippen molar-refractivity contribution in [2.24, 2.45) is 5.73 Å². The molecule has 2 amide bonds. The second kappa shape index (κ2) is 5.47. The number of nitrogens with one attached hydrogen (secondary N) is 1. The number of nitrogens with zero attached hydrogens (tertiary/aromatic N) is 1. The van der Waals surface area contributed by atoms with Gasteiger partial charge in [0.25, 0.3) is 11.6 Å². The number of nitrogens with two attached hydrogens (primary N) is 1. The fourth-order valence-corrected chi connectivity index (χ4v) is 4.15. The van der Waals surface area contributed by atoms with Crippen molar-refractivity contribution in [3.63, 3.8) is 0 Å². The topological polar surface area (TPSA) is 115 Å². The monoisotopic (exact) mass is 331 g/mol. The highest BCUT2D eigenvalue weighted by atomic mass is 32.1. The van der Waals surface area contributed by atoms with Crippen LogP contribution in [0.25, 0.3) is 10.4 Å². The van der Waals surface area contributed by atoms with E-state index in [0.29, 0.717) is 23.4 Å². The van der Waals surface area contributed by atoms with Gasteiger partial charge in [0.1, 0.15) is 5.00 Å². The second-order valence-corrected chi connectivity index (χ2v) is 6.28. The Kier molecular flexibility index (Phi) is 3.61. The van der Waals surface area contributed by atoms with Gasteiger partial charge in [-0.2, -0.15) is 0 Å². The first kappa shape index (κ1) is 15.2. The van der Waals surface area contributed by atoms with Crippen LogP contribution in [0.5, 0.6) is 0 Å². The number of hydrogen-bond donors (Lipinski definition) is 2. The lowest BCUT2D eigenvalue weighted by atomic mass is 9.89. The Balaban J connectivity index is 2.22. The molecule has 0 unspecified atom stereocenters. The van der Waals surface area contributed by atoms with E-state index in [1.165, 1.54) is 30.4 Å². The molecule has 1 aliphatic carbocycles. The molecule has 23 heavy (non-hydrogen) atoms. The third-order valence-corrected chi connectivity index (χ3v) is 4.92. The van der Waals surface area contributed by atoms with Crippen LogP contribution in [0.2, 0.25) is 0 Å². The van der Waals surface area contributed by atoms with E-state index in [4.69, 9.17) is 5.73 Å². The summed E-state index contributed by atoms with van der Waals surface area (Å²) in [6.45, 7) is 1.35. The van der Waals surface area contributed by atoms with E-state index >= 15 is 0 Å². The van der Waals surface area contributed by atoms with Gasteiger partial charge in [-0.3, -0.25) is 19.7 Å². The lowest BCUT2D eigenvalue weighted by molar-refractivity contribution is -0.384. The van der Waals surface area contributed by atoms with E-state index in [2.05, 4.69) is 5.32 Å². The number of nitro groups is 1. The molecule has 0 bridgehead atoms. The minimum absolute atomic E-state index is 0.00768. The lowest BCUT2D eigenvalue weighted by Gasteiger charge is -2.16. The van der Waals surface area contributed by atoms with Crippen LogP contribution >= 0.6 is 11.3 Å². The average molecular weight is 331 g/mol. The number of non-ortho nitro benzene ring substituents is 1. The van der Waals surface area contributed by atoms with E-state index in [0.717, 1.165) is 21.6 Å². The van der Waals surface area contributed by atoms with E-state index in [-0.39, 0.29) is 11.6 Å². The van der Waals surface area contributed by atoms with Crippen molar-refractivity contribution < 1.29 is 14.5 Å². The van der Waals surface area contributed by atoms with Gasteiger partial charge in [0.2, 0.25) is 5.91 Å². The fourth-order valence-electron chi connectivity index (χ4n) is 2.80. The van der Waals surface area contributed by atoms with Crippen LogP contribution in [0.1, 0.15) is 28.4 Å². The van der Waals surface area contributed by atoms with E-state index in [1.807, 2.05) is 0 Å². The minimum Gasteiger partial charge on any atom is -0.365 e. The summed E-state index contributed by atoms with van der Waals surface area (Å²) >= 11 is 1.23. The van der Waals surface area contributed by atoms with Crippen molar-refractivity contribution in [2.45, 2.75) is 19.8 Å². The molecular weight excluding hydrogens is 318 g/mol. The zero-order chi connectivity index (χ0) is 16.7. The zero-order valence-corrected chi connectivity index (χ0v) is 13.0. The maximum absolute atomic E-state index is 11.8. The summed E-state index contributed by atoms with van der Waals surface area (Å²) in [6, 6.07) is 4.71. The Bertz CT molecular complexity index is 857. The highest BCUT2D eigenvalue weighted by molar-refractivity contribution is 7.20. The number of carbonyl (C=O) groups is 2. The first-order chi connectivity index (χ1) is 10.9. The summed E-state index contributed by atoms with van der Waals surface area (Å²) < 4.78 is 0. The molecule has 3 rings (SSSR count). The molecular formula is C15H13N3O4S. The zero-order valence-electron chi connectivity index (χ0n) is 12.2. The van der Waals surface area contributed by atoms with Gasteiger partial charge in [0.15, 0.2) is 0 Å². The summed E-state index contributed by atoms with van der Waals surface area (Å²) in [6.07, 6.45) is 1.27. The number of rotatable bonds is 3. The maximum atomic E-state index is 11.8. The van der Waals surface area contributed by atoms with Gasteiger partial charge in [-0.15, -0.1) is 11.3 Å². The van der Waals surface area contributed by atoms with Crippen molar-refractivity contribution >= 4 is 33.8 Å². The Hall–Kier alpha value is -2.74. The lowest BCUT2D eigenvalue weighted by Crippen LogP contribution is -2.17. The van der Waals surface area contributed by atoms with Crippen LogP contribution in [-0.2, 0) is 17.6 Å². The molecule has 1 heterocycles. The van der Waals surface area contributed by atoms with Crippen LogP contribution in [0.15, 0.2) is 18.2 Å². The number of anilines is 1. The number of thiophene rings is 1. The van der Waals surface area contributed by atoms with E-state index in [1.54, 1.807) is 6.07 Å². The molecule has 118 valence electrons. The number of fused-ring (bicyclic) bond motifs is 3. The van der Waals surface area contributed by atoms with Crippen LogP contribution < -0.4 is 11.1 Å². The Morgan fingerprint density at radius 2 is 2.09 bits per heavy atom. The number of nitro benzene ring substituents is 1. The standard InChI is InChI=1S/C15H13N3O4S/c1-7(19)17-15-12(14(16)20)10-5-3-8-2-4-9(18(21)22)6-11(8)13(10)23-15/h2,4,6H,3,5H2,1H3,(H2,16,20)(H,17,19). The van der Waals surface area contributed by atoms with Gasteiger partial charge in [0.05, 0.1) is 10.5 Å². The van der Waals surface area contributed by atoms with Crippen molar-refractivity contribution in [2.75, 3.05) is 5.32 Å². The molecule has 0 radical (unpaired) electrons. The summed E-state index contributed by atoms with van der Waals surface area (Å²) in [7, 11) is 0. The van der Waals surface area contributed by atoms with Crippen molar-refractivity contribution in [1.82, 2.24) is 0 Å².